The molecular weight excluding hydrogens is 376 g/mol. The first-order valence-corrected chi connectivity index (χ1v) is 9.38. The summed E-state index contributed by atoms with van der Waals surface area (Å²) >= 11 is 9.03. The second-order valence-corrected chi connectivity index (χ2v) is 7.67. The maximum absolute atomic E-state index is 6.03. The molecular formula is C16H9ClN6S2. The van der Waals surface area contributed by atoms with Crippen molar-refractivity contribution in [3.63, 3.8) is 0 Å². The average molecular weight is 385 g/mol. The van der Waals surface area contributed by atoms with Gasteiger partial charge in [0.25, 0.3) is 5.95 Å². The number of thiazole rings is 1. The predicted octanol–water partition coefficient (Wildman–Crippen LogP) is 4.86. The molecule has 0 aliphatic carbocycles. The van der Waals surface area contributed by atoms with Gasteiger partial charge in [0.2, 0.25) is 4.96 Å². The molecule has 122 valence electrons. The molecule has 9 heteroatoms. The topological polar surface area (TPSA) is 68.0 Å². The minimum Gasteiger partial charge on any atom is -0.299 e. The van der Waals surface area contributed by atoms with Crippen molar-refractivity contribution in [2.24, 2.45) is 0 Å². The number of nitrogens with zero attached hydrogens (tertiary/aromatic N) is 5. The van der Waals surface area contributed by atoms with Gasteiger partial charge in [0.1, 0.15) is 5.01 Å². The zero-order chi connectivity index (χ0) is 16.8. The highest BCUT2D eigenvalue weighted by Crippen LogP contribution is 2.31. The van der Waals surface area contributed by atoms with Crippen molar-refractivity contribution in [1.29, 1.82) is 0 Å². The van der Waals surface area contributed by atoms with Gasteiger partial charge in [-0.15, -0.1) is 10.2 Å². The van der Waals surface area contributed by atoms with Crippen LogP contribution in [0, 0.1) is 0 Å². The molecule has 0 fully saturated rings. The summed E-state index contributed by atoms with van der Waals surface area (Å²) in [5, 5.41) is 18.5. The van der Waals surface area contributed by atoms with E-state index in [0.29, 0.717) is 11.0 Å². The zero-order valence-corrected chi connectivity index (χ0v) is 14.9. The van der Waals surface area contributed by atoms with Crippen molar-refractivity contribution in [2.75, 3.05) is 5.32 Å². The van der Waals surface area contributed by atoms with Gasteiger partial charge in [0.15, 0.2) is 5.13 Å². The van der Waals surface area contributed by atoms with Crippen LogP contribution in [0.2, 0.25) is 5.02 Å². The van der Waals surface area contributed by atoms with Gasteiger partial charge in [0.05, 0.1) is 10.2 Å². The average Bonchev–Trinajstić information content (AvgIpc) is 3.30. The molecule has 0 saturated heterocycles. The number of halogens is 1. The van der Waals surface area contributed by atoms with Crippen LogP contribution in [0.4, 0.5) is 11.1 Å². The summed E-state index contributed by atoms with van der Waals surface area (Å²) in [6.07, 6.45) is 0. The van der Waals surface area contributed by atoms with Crippen molar-refractivity contribution in [3.8, 4) is 10.6 Å². The molecule has 6 nitrogen and oxygen atoms in total. The first kappa shape index (κ1) is 14.8. The van der Waals surface area contributed by atoms with Crippen LogP contribution in [0.25, 0.3) is 25.7 Å². The Morgan fingerprint density at radius 3 is 2.76 bits per heavy atom. The minimum atomic E-state index is 0.540. The van der Waals surface area contributed by atoms with Gasteiger partial charge < -0.3 is 0 Å². The molecule has 2 aromatic carbocycles. The quantitative estimate of drug-likeness (QED) is 0.481. The molecule has 0 amide bonds. The van der Waals surface area contributed by atoms with Gasteiger partial charge >= 0.3 is 0 Å². The Balaban J connectivity index is 1.52. The molecule has 0 unspecified atom stereocenters. The standard InChI is InChI=1S/C16H9ClN6S2/c17-10-6-7-11-12(8-10)24-15(18-11)19-14-20-21-16-23(14)22-13(25-16)9-4-2-1-3-5-9/h1-8H,(H,18,19,20). The molecule has 5 aromatic rings. The van der Waals surface area contributed by atoms with Gasteiger partial charge in [-0.2, -0.15) is 9.61 Å². The van der Waals surface area contributed by atoms with Gasteiger partial charge in [0, 0.05) is 10.6 Å². The van der Waals surface area contributed by atoms with E-state index in [1.165, 1.54) is 22.7 Å². The van der Waals surface area contributed by atoms with Crippen LogP contribution in [0.5, 0.6) is 0 Å². The van der Waals surface area contributed by atoms with E-state index in [0.717, 1.165) is 30.9 Å². The van der Waals surface area contributed by atoms with E-state index in [4.69, 9.17) is 11.6 Å². The molecule has 3 aromatic heterocycles. The first-order valence-electron chi connectivity index (χ1n) is 7.37. The van der Waals surface area contributed by atoms with E-state index in [-0.39, 0.29) is 0 Å². The number of fused-ring (bicyclic) bond motifs is 2. The summed E-state index contributed by atoms with van der Waals surface area (Å²) in [6, 6.07) is 15.6. The van der Waals surface area contributed by atoms with Crippen LogP contribution in [-0.2, 0) is 0 Å². The molecule has 0 radical (unpaired) electrons. The van der Waals surface area contributed by atoms with Crippen molar-refractivity contribution < 1.29 is 0 Å². The third kappa shape index (κ3) is 2.64. The highest BCUT2D eigenvalue weighted by molar-refractivity contribution is 7.22. The van der Waals surface area contributed by atoms with Gasteiger partial charge in [-0.3, -0.25) is 5.32 Å². The van der Waals surface area contributed by atoms with Crippen LogP contribution in [0.1, 0.15) is 0 Å². The molecule has 3 heterocycles. The molecule has 0 bridgehead atoms. The summed E-state index contributed by atoms with van der Waals surface area (Å²) in [6.45, 7) is 0. The number of nitrogens with one attached hydrogen (secondary N) is 1. The molecule has 0 spiro atoms. The van der Waals surface area contributed by atoms with E-state index in [2.05, 4.69) is 25.6 Å². The lowest BCUT2D eigenvalue weighted by Crippen LogP contribution is -1.97. The Bertz CT molecular complexity index is 1190. The van der Waals surface area contributed by atoms with Crippen LogP contribution < -0.4 is 5.32 Å². The third-order valence-electron chi connectivity index (χ3n) is 3.58. The molecule has 5 rings (SSSR count). The number of aromatic nitrogens is 5. The van der Waals surface area contributed by atoms with Crippen LogP contribution in [0.3, 0.4) is 0 Å². The highest BCUT2D eigenvalue weighted by Gasteiger charge is 2.14. The van der Waals surface area contributed by atoms with Crippen molar-refractivity contribution in [2.45, 2.75) is 0 Å². The number of benzene rings is 2. The molecule has 1 N–H and O–H groups in total. The van der Waals surface area contributed by atoms with E-state index in [9.17, 15) is 0 Å². The van der Waals surface area contributed by atoms with Crippen molar-refractivity contribution in [3.05, 3.63) is 53.6 Å². The van der Waals surface area contributed by atoms with E-state index < -0.39 is 0 Å². The summed E-state index contributed by atoms with van der Waals surface area (Å²) in [5.74, 6) is 0.540. The van der Waals surface area contributed by atoms with Gasteiger partial charge in [-0.05, 0) is 18.2 Å². The maximum atomic E-state index is 6.03. The van der Waals surface area contributed by atoms with Crippen LogP contribution in [0.15, 0.2) is 48.5 Å². The summed E-state index contributed by atoms with van der Waals surface area (Å²) < 4.78 is 2.71. The Labute approximate surface area is 154 Å². The summed E-state index contributed by atoms with van der Waals surface area (Å²) in [5.41, 5.74) is 1.94. The monoisotopic (exact) mass is 384 g/mol. The lowest BCUT2D eigenvalue weighted by atomic mass is 10.2. The van der Waals surface area contributed by atoms with Crippen LogP contribution >= 0.6 is 34.3 Å². The van der Waals surface area contributed by atoms with Crippen LogP contribution in [-0.4, -0.2) is 24.8 Å². The molecule has 0 atom stereocenters. The third-order valence-corrected chi connectivity index (χ3v) is 5.70. The fourth-order valence-corrected chi connectivity index (χ4v) is 4.42. The lowest BCUT2D eigenvalue weighted by molar-refractivity contribution is 0.969. The smallest absolute Gasteiger partial charge is 0.253 e. The Morgan fingerprint density at radius 2 is 1.88 bits per heavy atom. The molecule has 0 aliphatic rings. The predicted molar refractivity (Wildman–Crippen MR) is 102 cm³/mol. The zero-order valence-electron chi connectivity index (χ0n) is 12.5. The van der Waals surface area contributed by atoms with E-state index in [1.54, 1.807) is 4.52 Å². The summed E-state index contributed by atoms with van der Waals surface area (Å²) in [4.78, 5) is 5.27. The largest absolute Gasteiger partial charge is 0.299 e. The van der Waals surface area contributed by atoms with Gasteiger partial charge in [-0.1, -0.05) is 64.6 Å². The minimum absolute atomic E-state index is 0.540. The van der Waals surface area contributed by atoms with Crippen molar-refractivity contribution in [1.82, 2.24) is 24.8 Å². The molecule has 0 aliphatic heterocycles. The fraction of sp³-hybridized carbons (Fsp3) is 0. The molecule has 25 heavy (non-hydrogen) atoms. The Hall–Kier alpha value is -2.55. The normalized spacial score (nSPS) is 11.4. The van der Waals surface area contributed by atoms with Gasteiger partial charge in [-0.25, -0.2) is 4.98 Å². The Kier molecular flexibility index (Phi) is 3.40. The summed E-state index contributed by atoms with van der Waals surface area (Å²) in [7, 11) is 0. The highest BCUT2D eigenvalue weighted by atomic mass is 35.5. The molecule has 0 saturated carbocycles. The first-order chi connectivity index (χ1) is 12.3. The van der Waals surface area contributed by atoms with Crippen molar-refractivity contribution >= 4 is 60.5 Å². The van der Waals surface area contributed by atoms with E-state index >= 15 is 0 Å². The number of rotatable bonds is 3. The van der Waals surface area contributed by atoms with E-state index in [1.807, 2.05) is 48.5 Å². The lowest BCUT2D eigenvalue weighted by Gasteiger charge is -1.96. The second kappa shape index (κ2) is 5.76. The second-order valence-electron chi connectivity index (χ2n) is 5.25. The fourth-order valence-electron chi connectivity index (χ4n) is 2.44. The number of hydrogen-bond acceptors (Lipinski definition) is 7. The maximum Gasteiger partial charge on any atom is 0.253 e. The SMILES string of the molecule is Clc1ccc2nc(Nc3nnc4sc(-c5ccccc5)nn34)sc2c1. The number of hydrogen-bond donors (Lipinski definition) is 1. The Morgan fingerprint density at radius 1 is 1.00 bits per heavy atom. The number of anilines is 2.